The molecule has 1 aromatic carbocycles. The van der Waals surface area contributed by atoms with Gasteiger partial charge in [-0.15, -0.1) is 0 Å². The number of nitrogens with one attached hydrogen (secondary N) is 1. The molecule has 0 spiro atoms. The maximum Gasteiger partial charge on any atom is 0.128 e. The van der Waals surface area contributed by atoms with E-state index < -0.39 is 0 Å². The lowest BCUT2D eigenvalue weighted by Crippen LogP contribution is -2.43. The maximum absolute atomic E-state index is 8.98. The van der Waals surface area contributed by atoms with Crippen molar-refractivity contribution in [2.75, 3.05) is 26.2 Å². The molecule has 1 unspecified atom stereocenters. The Balaban J connectivity index is 1.81. The van der Waals surface area contributed by atoms with Gasteiger partial charge in [0, 0.05) is 42.1 Å². The van der Waals surface area contributed by atoms with E-state index >= 15 is 0 Å². The molecule has 1 N–H and O–H groups in total. The molecule has 3 rings (SSSR count). The fourth-order valence-electron chi connectivity index (χ4n) is 4.63. The van der Waals surface area contributed by atoms with Gasteiger partial charge in [-0.3, -0.25) is 10.4 Å². The number of hydrogen-bond acceptors (Lipinski definition) is 3. The molecule has 1 atom stereocenters. The largest absolute Gasteiger partial charge is 0.352 e. The molecule has 1 aliphatic heterocycles. The molecule has 0 aliphatic carbocycles. The second kappa shape index (κ2) is 10.7. The molecule has 1 fully saturated rings. The summed E-state index contributed by atoms with van der Waals surface area (Å²) in [6, 6.07) is 9.12. The lowest BCUT2D eigenvalue weighted by Gasteiger charge is -2.32. The Kier molecular flexibility index (Phi) is 8.03. The van der Waals surface area contributed by atoms with Gasteiger partial charge >= 0.3 is 0 Å². The third kappa shape index (κ3) is 5.43. The van der Waals surface area contributed by atoms with Crippen LogP contribution >= 0.6 is 0 Å². The van der Waals surface area contributed by atoms with Crippen LogP contribution in [0.4, 0.5) is 0 Å². The SMILES string of the molecule is C/C=C\c1cc(-c2ccc(C(=N)N3CCCC3CN(CC)CCC)c(C)c2)cnc1C. The topological polar surface area (TPSA) is 43.2 Å². The van der Waals surface area contributed by atoms with Gasteiger partial charge < -0.3 is 9.80 Å². The van der Waals surface area contributed by atoms with E-state index in [4.69, 9.17) is 5.41 Å². The fraction of sp³-hybridized carbons (Fsp3) is 0.481. The molecule has 0 saturated carbocycles. The number of likely N-dealkylation sites (tertiary alicyclic amines) is 1. The zero-order chi connectivity index (χ0) is 22.4. The average molecular weight is 419 g/mol. The number of aryl methyl sites for hydroxylation is 2. The molecule has 2 aromatic rings. The summed E-state index contributed by atoms with van der Waals surface area (Å²) in [5.41, 5.74) is 6.68. The van der Waals surface area contributed by atoms with Gasteiger partial charge in [-0.05, 0) is 75.9 Å². The number of aromatic nitrogens is 1. The molecule has 4 heteroatoms. The van der Waals surface area contributed by atoms with E-state index in [2.05, 4.69) is 72.0 Å². The summed E-state index contributed by atoms with van der Waals surface area (Å²) < 4.78 is 0. The highest BCUT2D eigenvalue weighted by Gasteiger charge is 2.29. The van der Waals surface area contributed by atoms with Gasteiger partial charge in [0.1, 0.15) is 5.84 Å². The summed E-state index contributed by atoms with van der Waals surface area (Å²) in [5, 5.41) is 8.98. The highest BCUT2D eigenvalue weighted by atomic mass is 15.3. The molecule has 0 radical (unpaired) electrons. The molecule has 1 aromatic heterocycles. The molecule has 2 heterocycles. The number of pyridine rings is 1. The monoisotopic (exact) mass is 418 g/mol. The quantitative estimate of drug-likeness (QED) is 0.427. The van der Waals surface area contributed by atoms with Crippen molar-refractivity contribution < 1.29 is 0 Å². The molecule has 0 bridgehead atoms. The van der Waals surface area contributed by atoms with E-state index in [-0.39, 0.29) is 0 Å². The molecule has 31 heavy (non-hydrogen) atoms. The summed E-state index contributed by atoms with van der Waals surface area (Å²) in [5.74, 6) is 0.677. The number of allylic oxidation sites excluding steroid dienone is 1. The third-order valence-electron chi connectivity index (χ3n) is 6.41. The minimum atomic E-state index is 0.447. The van der Waals surface area contributed by atoms with Gasteiger partial charge in [-0.1, -0.05) is 44.2 Å². The van der Waals surface area contributed by atoms with Crippen LogP contribution in [0.25, 0.3) is 17.2 Å². The lowest BCUT2D eigenvalue weighted by atomic mass is 9.98. The fourth-order valence-corrected chi connectivity index (χ4v) is 4.63. The Labute approximate surface area is 188 Å². The van der Waals surface area contributed by atoms with E-state index in [0.717, 1.165) is 59.7 Å². The van der Waals surface area contributed by atoms with Crippen LogP contribution in [0.2, 0.25) is 0 Å². The lowest BCUT2D eigenvalue weighted by molar-refractivity contribution is 0.224. The standard InChI is InChI=1S/C27H38N4/c1-6-10-22-17-24(18-29-21(22)5)23-12-13-26(20(4)16-23)27(28)31-15-9-11-25(31)19-30(8-3)14-7-2/h6,10,12-13,16-18,25,28H,7-9,11,14-15,19H2,1-5H3/b10-6-,28-27?. The average Bonchev–Trinajstić information content (AvgIpc) is 3.22. The van der Waals surface area contributed by atoms with Gasteiger partial charge in [0.2, 0.25) is 0 Å². The van der Waals surface area contributed by atoms with Crippen LogP contribution < -0.4 is 0 Å². The molecule has 166 valence electrons. The highest BCUT2D eigenvalue weighted by molar-refractivity contribution is 5.98. The molecule has 4 nitrogen and oxygen atoms in total. The molecule has 1 saturated heterocycles. The Morgan fingerprint density at radius 3 is 2.71 bits per heavy atom. The van der Waals surface area contributed by atoms with Crippen molar-refractivity contribution in [2.24, 2.45) is 0 Å². The van der Waals surface area contributed by atoms with E-state index in [9.17, 15) is 0 Å². The zero-order valence-corrected chi connectivity index (χ0v) is 19.9. The van der Waals surface area contributed by atoms with Crippen LogP contribution in [0, 0.1) is 19.3 Å². The smallest absolute Gasteiger partial charge is 0.128 e. The summed E-state index contributed by atoms with van der Waals surface area (Å²) in [6.45, 7) is 15.0. The van der Waals surface area contributed by atoms with Crippen molar-refractivity contribution in [3.63, 3.8) is 0 Å². The van der Waals surface area contributed by atoms with Crippen LogP contribution in [0.15, 0.2) is 36.5 Å². The van der Waals surface area contributed by atoms with E-state index in [0.29, 0.717) is 11.9 Å². The Morgan fingerprint density at radius 1 is 1.23 bits per heavy atom. The third-order valence-corrected chi connectivity index (χ3v) is 6.41. The second-order valence-corrected chi connectivity index (χ2v) is 8.66. The number of nitrogens with zero attached hydrogens (tertiary/aromatic N) is 3. The maximum atomic E-state index is 8.98. The minimum absolute atomic E-state index is 0.447. The van der Waals surface area contributed by atoms with E-state index in [1.54, 1.807) is 0 Å². The van der Waals surface area contributed by atoms with Crippen LogP contribution in [0.3, 0.4) is 0 Å². The zero-order valence-electron chi connectivity index (χ0n) is 19.9. The number of amidine groups is 1. The highest BCUT2D eigenvalue weighted by Crippen LogP contribution is 2.27. The van der Waals surface area contributed by atoms with Gasteiger partial charge in [0.15, 0.2) is 0 Å². The summed E-state index contributed by atoms with van der Waals surface area (Å²) >= 11 is 0. The number of rotatable bonds is 8. The van der Waals surface area contributed by atoms with Crippen LogP contribution in [-0.2, 0) is 0 Å². The van der Waals surface area contributed by atoms with Crippen molar-refractivity contribution in [3.05, 3.63) is 58.9 Å². The first-order valence-electron chi connectivity index (χ1n) is 11.8. The van der Waals surface area contributed by atoms with E-state index in [1.807, 2.05) is 20.0 Å². The van der Waals surface area contributed by atoms with Gasteiger partial charge in [0.05, 0.1) is 0 Å². The van der Waals surface area contributed by atoms with Crippen LogP contribution in [-0.4, -0.2) is 52.8 Å². The predicted octanol–water partition coefficient (Wildman–Crippen LogP) is 5.92. The molecular formula is C27H38N4. The first kappa shape index (κ1) is 23.2. The minimum Gasteiger partial charge on any atom is -0.352 e. The summed E-state index contributed by atoms with van der Waals surface area (Å²) in [6.07, 6.45) is 9.65. The van der Waals surface area contributed by atoms with Crippen molar-refractivity contribution >= 4 is 11.9 Å². The van der Waals surface area contributed by atoms with E-state index in [1.165, 1.54) is 19.3 Å². The summed E-state index contributed by atoms with van der Waals surface area (Å²) in [4.78, 5) is 9.44. The van der Waals surface area contributed by atoms with Gasteiger partial charge in [-0.2, -0.15) is 0 Å². The van der Waals surface area contributed by atoms with Gasteiger partial charge in [-0.25, -0.2) is 0 Å². The van der Waals surface area contributed by atoms with Crippen molar-refractivity contribution in [3.8, 4) is 11.1 Å². The molecular weight excluding hydrogens is 380 g/mol. The normalized spacial score (nSPS) is 16.6. The van der Waals surface area contributed by atoms with Crippen LogP contribution in [0.1, 0.15) is 62.4 Å². The van der Waals surface area contributed by atoms with Crippen molar-refractivity contribution in [1.82, 2.24) is 14.8 Å². The second-order valence-electron chi connectivity index (χ2n) is 8.66. The summed E-state index contributed by atoms with van der Waals surface area (Å²) in [7, 11) is 0. The predicted molar refractivity (Wildman–Crippen MR) is 133 cm³/mol. The number of hydrogen-bond donors (Lipinski definition) is 1. The van der Waals surface area contributed by atoms with Crippen molar-refractivity contribution in [2.45, 2.75) is 59.9 Å². The first-order chi connectivity index (χ1) is 15.0. The van der Waals surface area contributed by atoms with Crippen molar-refractivity contribution in [1.29, 1.82) is 5.41 Å². The molecule has 1 aliphatic rings. The Hall–Kier alpha value is -2.46. The number of benzene rings is 1. The van der Waals surface area contributed by atoms with Crippen LogP contribution in [0.5, 0.6) is 0 Å². The molecule has 0 amide bonds. The first-order valence-corrected chi connectivity index (χ1v) is 11.8. The Morgan fingerprint density at radius 2 is 2.03 bits per heavy atom. The number of likely N-dealkylation sites (N-methyl/N-ethyl adjacent to an activating group) is 1. The van der Waals surface area contributed by atoms with Gasteiger partial charge in [0.25, 0.3) is 0 Å². The Bertz CT molecular complexity index is 931.